The van der Waals surface area contributed by atoms with Crippen molar-refractivity contribution < 1.29 is 37.4 Å². The second kappa shape index (κ2) is 16.2. The SMILES string of the molecule is CN(C(=O)COc1ccccc1N(CCC1CCCC1)C(=O)CNC(=O)Nc1cccc(C(=O)OC(C)(C)C)c1)c1c(F)cccc1F. The summed E-state index contributed by atoms with van der Waals surface area (Å²) < 4.78 is 39.8. The van der Waals surface area contributed by atoms with Gasteiger partial charge in [-0.05, 0) is 75.6 Å². The molecule has 2 N–H and O–H groups in total. The first-order valence-electron chi connectivity index (χ1n) is 15.9. The molecule has 3 aromatic rings. The molecule has 0 saturated heterocycles. The highest BCUT2D eigenvalue weighted by Gasteiger charge is 2.25. The van der Waals surface area contributed by atoms with Gasteiger partial charge >= 0.3 is 12.0 Å². The van der Waals surface area contributed by atoms with Gasteiger partial charge in [0.25, 0.3) is 5.91 Å². The summed E-state index contributed by atoms with van der Waals surface area (Å²) in [5.41, 5.74) is -0.186. The van der Waals surface area contributed by atoms with Crippen molar-refractivity contribution in [1.82, 2.24) is 5.32 Å². The molecule has 48 heavy (non-hydrogen) atoms. The number of carbonyl (C=O) groups excluding carboxylic acids is 4. The maximum Gasteiger partial charge on any atom is 0.338 e. The van der Waals surface area contributed by atoms with Crippen LogP contribution in [0.5, 0.6) is 5.75 Å². The number of likely N-dealkylation sites (N-methyl/N-ethyl adjacent to an activating group) is 1. The van der Waals surface area contributed by atoms with Crippen molar-refractivity contribution in [3.05, 3.63) is 83.9 Å². The number of ether oxygens (including phenoxy) is 2. The summed E-state index contributed by atoms with van der Waals surface area (Å²) in [7, 11) is 1.25. The number of esters is 1. The summed E-state index contributed by atoms with van der Waals surface area (Å²) in [4.78, 5) is 54.2. The third-order valence-corrected chi connectivity index (χ3v) is 7.85. The molecule has 1 fully saturated rings. The highest BCUT2D eigenvalue weighted by molar-refractivity contribution is 6.00. The van der Waals surface area contributed by atoms with Gasteiger partial charge in [0.05, 0.1) is 17.8 Å². The zero-order valence-electron chi connectivity index (χ0n) is 27.7. The number of halogens is 2. The predicted molar refractivity (Wildman–Crippen MR) is 179 cm³/mol. The van der Waals surface area contributed by atoms with Crippen LogP contribution in [0.2, 0.25) is 0 Å². The Kier molecular flexibility index (Phi) is 12.1. The van der Waals surface area contributed by atoms with Gasteiger partial charge in [-0.3, -0.25) is 9.59 Å². The van der Waals surface area contributed by atoms with Gasteiger partial charge < -0.3 is 29.9 Å². The van der Waals surface area contributed by atoms with E-state index in [2.05, 4.69) is 10.6 Å². The molecule has 256 valence electrons. The van der Waals surface area contributed by atoms with Crippen molar-refractivity contribution in [2.45, 2.75) is 58.5 Å². The summed E-state index contributed by atoms with van der Waals surface area (Å²) in [6.45, 7) is 4.72. The first-order valence-corrected chi connectivity index (χ1v) is 15.9. The van der Waals surface area contributed by atoms with E-state index in [4.69, 9.17) is 9.47 Å². The fourth-order valence-corrected chi connectivity index (χ4v) is 5.45. The minimum absolute atomic E-state index is 0.219. The van der Waals surface area contributed by atoms with E-state index in [9.17, 15) is 28.0 Å². The zero-order valence-corrected chi connectivity index (χ0v) is 27.7. The van der Waals surface area contributed by atoms with Gasteiger partial charge in [-0.25, -0.2) is 18.4 Å². The molecule has 1 aliphatic carbocycles. The van der Waals surface area contributed by atoms with Crippen molar-refractivity contribution in [2.24, 2.45) is 5.92 Å². The molecule has 0 radical (unpaired) electrons. The highest BCUT2D eigenvalue weighted by atomic mass is 19.1. The molecule has 1 aliphatic rings. The topological polar surface area (TPSA) is 117 Å². The van der Waals surface area contributed by atoms with Crippen LogP contribution in [-0.2, 0) is 14.3 Å². The summed E-state index contributed by atoms with van der Waals surface area (Å²) in [6.07, 6.45) is 5.13. The summed E-state index contributed by atoms with van der Waals surface area (Å²) >= 11 is 0. The molecule has 0 heterocycles. The summed E-state index contributed by atoms with van der Waals surface area (Å²) in [6, 6.07) is 15.6. The van der Waals surface area contributed by atoms with Crippen molar-refractivity contribution >= 4 is 40.9 Å². The Morgan fingerprint density at radius 1 is 0.896 bits per heavy atom. The number of hydrogen-bond donors (Lipinski definition) is 2. The molecule has 4 amide bonds. The van der Waals surface area contributed by atoms with E-state index in [0.717, 1.165) is 49.1 Å². The number of anilines is 3. The van der Waals surface area contributed by atoms with Crippen LogP contribution in [0.15, 0.2) is 66.7 Å². The third kappa shape index (κ3) is 10.00. The largest absolute Gasteiger partial charge is 0.482 e. The smallest absolute Gasteiger partial charge is 0.338 e. The lowest BCUT2D eigenvalue weighted by atomic mass is 10.0. The number of urea groups is 1. The second-order valence-electron chi connectivity index (χ2n) is 12.7. The van der Waals surface area contributed by atoms with Crippen LogP contribution < -0.4 is 25.2 Å². The molecule has 0 unspecified atom stereocenters. The first-order chi connectivity index (χ1) is 22.8. The Morgan fingerprint density at radius 2 is 1.56 bits per heavy atom. The average Bonchev–Trinajstić information content (AvgIpc) is 3.56. The summed E-state index contributed by atoms with van der Waals surface area (Å²) in [5.74, 6) is -2.76. The van der Waals surface area contributed by atoms with Gasteiger partial charge in [0.2, 0.25) is 5.91 Å². The molecule has 12 heteroatoms. The van der Waals surface area contributed by atoms with E-state index in [1.165, 1.54) is 24.1 Å². The molecule has 0 atom stereocenters. The third-order valence-electron chi connectivity index (χ3n) is 7.85. The molecule has 10 nitrogen and oxygen atoms in total. The van der Waals surface area contributed by atoms with Gasteiger partial charge in [0, 0.05) is 19.3 Å². The van der Waals surface area contributed by atoms with E-state index in [-0.39, 0.29) is 17.9 Å². The lowest BCUT2D eigenvalue weighted by Crippen LogP contribution is -2.42. The monoisotopic (exact) mass is 664 g/mol. The lowest BCUT2D eigenvalue weighted by Gasteiger charge is -2.27. The molecular weight excluding hydrogens is 622 g/mol. The number of benzene rings is 3. The maximum absolute atomic E-state index is 14.3. The standard InChI is InChI=1S/C36H42F2N4O6/c1-36(2,3)48-34(45)25-13-9-14-26(21-25)40-35(46)39-22-31(43)42(20-19-24-11-5-6-12-24)29-17-7-8-18-30(29)47-23-32(44)41(4)33-27(37)15-10-16-28(33)38/h7-10,13-18,21,24H,5-6,11-12,19-20,22-23H2,1-4H3,(H2,39,40,46). The van der Waals surface area contributed by atoms with Crippen LogP contribution >= 0.6 is 0 Å². The van der Waals surface area contributed by atoms with Crippen LogP contribution in [0.4, 0.5) is 30.6 Å². The fraction of sp³-hybridized carbons (Fsp3) is 0.389. The normalized spacial score (nSPS) is 13.0. The van der Waals surface area contributed by atoms with Crippen LogP contribution in [0, 0.1) is 17.6 Å². The van der Waals surface area contributed by atoms with E-state index in [1.54, 1.807) is 63.2 Å². The molecule has 0 aromatic heterocycles. The zero-order chi connectivity index (χ0) is 34.8. The quantitative estimate of drug-likeness (QED) is 0.208. The number of nitrogens with zero attached hydrogens (tertiary/aromatic N) is 2. The molecule has 0 aliphatic heterocycles. The van der Waals surface area contributed by atoms with Crippen molar-refractivity contribution in [2.75, 3.05) is 41.9 Å². The maximum atomic E-state index is 14.3. The van der Waals surface area contributed by atoms with Crippen LogP contribution in [0.25, 0.3) is 0 Å². The van der Waals surface area contributed by atoms with Gasteiger partial charge in [0.15, 0.2) is 6.61 Å². The number of para-hydroxylation sites is 3. The van der Waals surface area contributed by atoms with Gasteiger partial charge in [-0.2, -0.15) is 0 Å². The lowest BCUT2D eigenvalue weighted by molar-refractivity contribution is -0.120. The minimum atomic E-state index is -0.887. The van der Waals surface area contributed by atoms with Gasteiger partial charge in [-0.1, -0.05) is 49.9 Å². The Hall–Kier alpha value is -5.00. The molecular formula is C36H42F2N4O6. The van der Waals surface area contributed by atoms with Crippen molar-refractivity contribution in [3.63, 3.8) is 0 Å². The van der Waals surface area contributed by atoms with Crippen molar-refractivity contribution in [3.8, 4) is 5.75 Å². The highest BCUT2D eigenvalue weighted by Crippen LogP contribution is 2.32. The number of nitrogens with one attached hydrogen (secondary N) is 2. The van der Waals surface area contributed by atoms with E-state index in [1.807, 2.05) is 0 Å². The molecule has 3 aromatic carbocycles. The average molecular weight is 665 g/mol. The molecule has 1 saturated carbocycles. The Morgan fingerprint density at radius 3 is 2.25 bits per heavy atom. The Labute approximate surface area is 279 Å². The van der Waals surface area contributed by atoms with Crippen LogP contribution in [-0.4, -0.2) is 56.2 Å². The predicted octanol–water partition coefficient (Wildman–Crippen LogP) is 6.70. The Bertz CT molecular complexity index is 1600. The Balaban J connectivity index is 1.44. The van der Waals surface area contributed by atoms with Crippen LogP contribution in [0.1, 0.15) is 63.2 Å². The number of carbonyl (C=O) groups is 4. The van der Waals surface area contributed by atoms with E-state index >= 15 is 0 Å². The number of rotatable bonds is 12. The van der Waals surface area contributed by atoms with Crippen LogP contribution in [0.3, 0.4) is 0 Å². The van der Waals surface area contributed by atoms with Gasteiger partial charge in [-0.15, -0.1) is 0 Å². The van der Waals surface area contributed by atoms with Crippen molar-refractivity contribution in [1.29, 1.82) is 0 Å². The summed E-state index contributed by atoms with van der Waals surface area (Å²) in [5, 5.41) is 5.22. The molecule has 0 bridgehead atoms. The molecule has 0 spiro atoms. The number of amides is 4. The van der Waals surface area contributed by atoms with Gasteiger partial charge in [0.1, 0.15) is 28.7 Å². The van der Waals surface area contributed by atoms with E-state index < -0.39 is 53.3 Å². The van der Waals surface area contributed by atoms with E-state index in [0.29, 0.717) is 23.8 Å². The number of hydrogen-bond acceptors (Lipinski definition) is 6. The molecule has 4 rings (SSSR count). The minimum Gasteiger partial charge on any atom is -0.482 e. The fourth-order valence-electron chi connectivity index (χ4n) is 5.45. The first kappa shape index (κ1) is 35.8. The second-order valence-corrected chi connectivity index (χ2v) is 12.7.